The molecular formula is C12H16N6O. The zero-order chi connectivity index (χ0) is 13.8. The molecule has 0 aliphatic carbocycles. The molecule has 2 heterocycles. The molecule has 0 radical (unpaired) electrons. The Labute approximate surface area is 110 Å². The molecule has 0 saturated carbocycles. The van der Waals surface area contributed by atoms with Crippen molar-refractivity contribution in [3.8, 4) is 0 Å². The van der Waals surface area contributed by atoms with Gasteiger partial charge >= 0.3 is 0 Å². The van der Waals surface area contributed by atoms with Gasteiger partial charge in [-0.05, 0) is 18.6 Å². The van der Waals surface area contributed by atoms with Gasteiger partial charge in [0.25, 0.3) is 5.91 Å². The van der Waals surface area contributed by atoms with E-state index in [2.05, 4.69) is 20.8 Å². The first kappa shape index (κ1) is 13.0. The smallest absolute Gasteiger partial charge is 0.255 e. The highest BCUT2D eigenvalue weighted by Gasteiger charge is 2.11. The van der Waals surface area contributed by atoms with Crippen LogP contribution in [0.25, 0.3) is 0 Å². The summed E-state index contributed by atoms with van der Waals surface area (Å²) < 4.78 is 1.67. The fourth-order valence-electron chi connectivity index (χ4n) is 1.75. The van der Waals surface area contributed by atoms with Crippen molar-refractivity contribution in [2.24, 2.45) is 12.9 Å². The van der Waals surface area contributed by atoms with Crippen LogP contribution < -0.4 is 16.6 Å². The minimum atomic E-state index is -0.221. The van der Waals surface area contributed by atoms with Crippen LogP contribution >= 0.6 is 0 Å². The minimum absolute atomic E-state index is 0.221. The maximum absolute atomic E-state index is 12.1. The molecule has 0 atom stereocenters. The van der Waals surface area contributed by atoms with Crippen LogP contribution in [-0.2, 0) is 13.5 Å². The highest BCUT2D eigenvalue weighted by atomic mass is 16.1. The van der Waals surface area contributed by atoms with E-state index in [0.29, 0.717) is 17.1 Å². The third-order valence-corrected chi connectivity index (χ3v) is 2.66. The Morgan fingerprint density at radius 2 is 2.32 bits per heavy atom. The van der Waals surface area contributed by atoms with Crippen LogP contribution in [0, 0.1) is 0 Å². The van der Waals surface area contributed by atoms with Crippen LogP contribution in [0.3, 0.4) is 0 Å². The molecular weight excluding hydrogens is 244 g/mol. The van der Waals surface area contributed by atoms with Crippen LogP contribution in [0.1, 0.15) is 23.0 Å². The molecule has 0 unspecified atom stereocenters. The second-order valence-electron chi connectivity index (χ2n) is 4.04. The number of rotatable bonds is 4. The number of nitrogen functional groups attached to an aromatic ring is 1. The summed E-state index contributed by atoms with van der Waals surface area (Å²) in [5.74, 6) is 5.48. The van der Waals surface area contributed by atoms with Crippen LogP contribution in [0.2, 0.25) is 0 Å². The summed E-state index contributed by atoms with van der Waals surface area (Å²) in [6.45, 7) is 1.99. The molecule has 0 bridgehead atoms. The molecule has 0 aromatic carbocycles. The van der Waals surface area contributed by atoms with Crippen molar-refractivity contribution < 1.29 is 4.79 Å². The number of nitrogens with one attached hydrogen (secondary N) is 2. The number of nitrogens with zero attached hydrogens (tertiary/aromatic N) is 3. The molecule has 19 heavy (non-hydrogen) atoms. The zero-order valence-corrected chi connectivity index (χ0v) is 10.8. The number of pyridine rings is 1. The van der Waals surface area contributed by atoms with Gasteiger partial charge in [0, 0.05) is 25.0 Å². The molecule has 4 N–H and O–H groups in total. The van der Waals surface area contributed by atoms with Gasteiger partial charge in [0.1, 0.15) is 5.82 Å². The Morgan fingerprint density at radius 3 is 3.00 bits per heavy atom. The van der Waals surface area contributed by atoms with Gasteiger partial charge in [-0.15, -0.1) is 0 Å². The molecule has 2 rings (SSSR count). The van der Waals surface area contributed by atoms with Crippen LogP contribution in [0.5, 0.6) is 0 Å². The number of aromatic nitrogens is 3. The van der Waals surface area contributed by atoms with E-state index in [1.165, 1.54) is 6.20 Å². The number of amides is 1. The lowest BCUT2D eigenvalue weighted by Gasteiger charge is -2.05. The summed E-state index contributed by atoms with van der Waals surface area (Å²) in [6.07, 6.45) is 4.05. The van der Waals surface area contributed by atoms with Crippen LogP contribution in [0.15, 0.2) is 24.5 Å². The lowest BCUT2D eigenvalue weighted by molar-refractivity contribution is 0.102. The Morgan fingerprint density at radius 1 is 1.53 bits per heavy atom. The number of carbonyl (C=O) groups is 1. The largest absolute Gasteiger partial charge is 0.319 e. The van der Waals surface area contributed by atoms with Crippen molar-refractivity contribution in [3.05, 3.63) is 35.8 Å². The third-order valence-electron chi connectivity index (χ3n) is 2.66. The summed E-state index contributed by atoms with van der Waals surface area (Å²) in [5.41, 5.74) is 4.45. The van der Waals surface area contributed by atoms with Gasteiger partial charge in [-0.2, -0.15) is 5.10 Å². The van der Waals surface area contributed by atoms with Crippen molar-refractivity contribution in [1.82, 2.24) is 14.8 Å². The normalized spacial score (nSPS) is 10.3. The minimum Gasteiger partial charge on any atom is -0.319 e. The van der Waals surface area contributed by atoms with Gasteiger partial charge < -0.3 is 10.7 Å². The van der Waals surface area contributed by atoms with Gasteiger partial charge in [0.15, 0.2) is 0 Å². The average Bonchev–Trinajstić information content (AvgIpc) is 2.78. The molecule has 7 heteroatoms. The molecule has 100 valence electrons. The summed E-state index contributed by atoms with van der Waals surface area (Å²) in [4.78, 5) is 16.1. The monoisotopic (exact) mass is 260 g/mol. The number of hydrogen-bond donors (Lipinski definition) is 3. The summed E-state index contributed by atoms with van der Waals surface area (Å²) in [5, 5.41) is 7.10. The van der Waals surface area contributed by atoms with Crippen molar-refractivity contribution >= 4 is 17.4 Å². The standard InChI is InChI=1S/C12H16N6O/c1-3-9-10(7-18(2)17-9)15-12(19)8-4-5-14-11(6-8)16-13/h4-7H,3,13H2,1-2H3,(H,14,16)(H,15,19). The average molecular weight is 260 g/mol. The van der Waals surface area contributed by atoms with Gasteiger partial charge in [-0.1, -0.05) is 6.92 Å². The van der Waals surface area contributed by atoms with Crippen LogP contribution in [-0.4, -0.2) is 20.7 Å². The van der Waals surface area contributed by atoms with Gasteiger partial charge in [0.05, 0.1) is 11.4 Å². The van der Waals surface area contributed by atoms with E-state index in [1.54, 1.807) is 23.0 Å². The van der Waals surface area contributed by atoms with Crippen molar-refractivity contribution in [2.75, 3.05) is 10.7 Å². The first-order valence-corrected chi connectivity index (χ1v) is 5.90. The Bertz CT molecular complexity index is 592. The molecule has 2 aromatic heterocycles. The topological polar surface area (TPSA) is 97.9 Å². The highest BCUT2D eigenvalue weighted by Crippen LogP contribution is 2.15. The predicted molar refractivity (Wildman–Crippen MR) is 72.6 cm³/mol. The maximum Gasteiger partial charge on any atom is 0.255 e. The summed E-state index contributed by atoms with van der Waals surface area (Å²) in [7, 11) is 1.82. The van der Waals surface area contributed by atoms with E-state index >= 15 is 0 Å². The predicted octanol–water partition coefficient (Wildman–Crippen LogP) is 0.915. The van der Waals surface area contributed by atoms with Gasteiger partial charge in [-0.3, -0.25) is 9.48 Å². The number of nitrogens with two attached hydrogens (primary N) is 1. The van der Waals surface area contributed by atoms with E-state index in [0.717, 1.165) is 12.1 Å². The number of hydrogen-bond acceptors (Lipinski definition) is 5. The molecule has 0 fully saturated rings. The van der Waals surface area contributed by atoms with E-state index in [-0.39, 0.29) is 5.91 Å². The van der Waals surface area contributed by atoms with E-state index in [9.17, 15) is 4.79 Å². The molecule has 0 spiro atoms. The Kier molecular flexibility index (Phi) is 3.76. The molecule has 0 aliphatic heterocycles. The fraction of sp³-hybridized carbons (Fsp3) is 0.250. The Hall–Kier alpha value is -2.41. The van der Waals surface area contributed by atoms with Gasteiger partial charge in [-0.25, -0.2) is 10.8 Å². The summed E-state index contributed by atoms with van der Waals surface area (Å²) >= 11 is 0. The maximum atomic E-state index is 12.1. The number of anilines is 2. The molecule has 2 aromatic rings. The van der Waals surface area contributed by atoms with Crippen LogP contribution in [0.4, 0.5) is 11.5 Å². The highest BCUT2D eigenvalue weighted by molar-refractivity contribution is 6.04. The molecule has 7 nitrogen and oxygen atoms in total. The molecule has 0 aliphatic rings. The lowest BCUT2D eigenvalue weighted by atomic mass is 10.2. The van der Waals surface area contributed by atoms with Crippen molar-refractivity contribution in [2.45, 2.75) is 13.3 Å². The van der Waals surface area contributed by atoms with E-state index in [1.807, 2.05) is 14.0 Å². The van der Waals surface area contributed by atoms with Crippen molar-refractivity contribution in [3.63, 3.8) is 0 Å². The van der Waals surface area contributed by atoms with Crippen molar-refractivity contribution in [1.29, 1.82) is 0 Å². The van der Waals surface area contributed by atoms with Gasteiger partial charge in [0.2, 0.25) is 0 Å². The first-order chi connectivity index (χ1) is 9.13. The Balaban J connectivity index is 2.20. The third kappa shape index (κ3) is 2.89. The molecule has 1 amide bonds. The van der Waals surface area contributed by atoms with E-state index in [4.69, 9.17) is 5.84 Å². The summed E-state index contributed by atoms with van der Waals surface area (Å²) in [6, 6.07) is 3.20. The lowest BCUT2D eigenvalue weighted by Crippen LogP contribution is -2.14. The van der Waals surface area contributed by atoms with E-state index < -0.39 is 0 Å². The zero-order valence-electron chi connectivity index (χ0n) is 10.8. The number of hydrazine groups is 1. The number of carbonyl (C=O) groups excluding carboxylic acids is 1. The SMILES string of the molecule is CCc1nn(C)cc1NC(=O)c1ccnc(NN)c1. The molecule has 0 saturated heterocycles. The quantitative estimate of drug-likeness (QED) is 0.561. The number of aryl methyl sites for hydroxylation is 2. The fourth-order valence-corrected chi connectivity index (χ4v) is 1.75. The second-order valence-corrected chi connectivity index (χ2v) is 4.04. The second kappa shape index (κ2) is 5.49. The first-order valence-electron chi connectivity index (χ1n) is 5.90.